The SMILES string of the molecule is COc1cccc(OC)c1C(=O)NCCc1nc(-c2ccc(C)cc2)no1. The van der Waals surface area contributed by atoms with Crippen LogP contribution in [-0.4, -0.2) is 36.8 Å². The first-order valence-corrected chi connectivity index (χ1v) is 8.51. The van der Waals surface area contributed by atoms with E-state index in [0.717, 1.165) is 11.1 Å². The topological polar surface area (TPSA) is 86.5 Å². The van der Waals surface area contributed by atoms with Crippen LogP contribution in [0.5, 0.6) is 11.5 Å². The minimum absolute atomic E-state index is 0.289. The summed E-state index contributed by atoms with van der Waals surface area (Å²) in [5.74, 6) is 1.60. The molecular weight excluding hydrogens is 346 g/mol. The van der Waals surface area contributed by atoms with E-state index < -0.39 is 0 Å². The summed E-state index contributed by atoms with van der Waals surface area (Å²) < 4.78 is 15.8. The zero-order chi connectivity index (χ0) is 19.2. The Morgan fingerprint density at radius 1 is 1.07 bits per heavy atom. The summed E-state index contributed by atoms with van der Waals surface area (Å²) >= 11 is 0. The van der Waals surface area contributed by atoms with Crippen molar-refractivity contribution in [3.63, 3.8) is 0 Å². The average Bonchev–Trinajstić information content (AvgIpc) is 3.16. The summed E-state index contributed by atoms with van der Waals surface area (Å²) in [6.45, 7) is 2.36. The van der Waals surface area contributed by atoms with Crippen LogP contribution >= 0.6 is 0 Å². The summed E-state index contributed by atoms with van der Waals surface area (Å²) in [4.78, 5) is 16.9. The average molecular weight is 367 g/mol. The van der Waals surface area contributed by atoms with Crippen LogP contribution in [0, 0.1) is 6.92 Å². The Kier molecular flexibility index (Phi) is 5.71. The molecule has 0 unspecified atom stereocenters. The quantitative estimate of drug-likeness (QED) is 0.691. The van der Waals surface area contributed by atoms with Gasteiger partial charge in [0.25, 0.3) is 5.91 Å². The fraction of sp³-hybridized carbons (Fsp3) is 0.250. The molecule has 27 heavy (non-hydrogen) atoms. The van der Waals surface area contributed by atoms with Crippen LogP contribution in [0.25, 0.3) is 11.4 Å². The molecule has 0 saturated heterocycles. The van der Waals surface area contributed by atoms with E-state index in [2.05, 4.69) is 15.5 Å². The van der Waals surface area contributed by atoms with Crippen molar-refractivity contribution in [2.45, 2.75) is 13.3 Å². The van der Waals surface area contributed by atoms with Gasteiger partial charge in [-0.3, -0.25) is 4.79 Å². The van der Waals surface area contributed by atoms with Crippen molar-refractivity contribution in [3.8, 4) is 22.9 Å². The molecule has 0 aliphatic rings. The largest absolute Gasteiger partial charge is 0.496 e. The van der Waals surface area contributed by atoms with Crippen molar-refractivity contribution in [1.29, 1.82) is 0 Å². The minimum Gasteiger partial charge on any atom is -0.496 e. The zero-order valence-electron chi connectivity index (χ0n) is 15.5. The Balaban J connectivity index is 1.62. The lowest BCUT2D eigenvalue weighted by Crippen LogP contribution is -2.26. The number of methoxy groups -OCH3 is 2. The summed E-state index contributed by atoms with van der Waals surface area (Å²) in [6, 6.07) is 13.1. The number of carbonyl (C=O) groups is 1. The number of hydrogen-bond donors (Lipinski definition) is 1. The number of carbonyl (C=O) groups excluding carboxylic acids is 1. The molecular formula is C20H21N3O4. The molecule has 1 heterocycles. The smallest absolute Gasteiger partial charge is 0.258 e. The maximum absolute atomic E-state index is 12.5. The van der Waals surface area contributed by atoms with Gasteiger partial charge in [-0.2, -0.15) is 4.98 Å². The van der Waals surface area contributed by atoms with Crippen molar-refractivity contribution in [2.75, 3.05) is 20.8 Å². The van der Waals surface area contributed by atoms with Gasteiger partial charge in [-0.05, 0) is 19.1 Å². The van der Waals surface area contributed by atoms with Crippen LogP contribution in [0.15, 0.2) is 47.0 Å². The highest BCUT2D eigenvalue weighted by Gasteiger charge is 2.18. The van der Waals surface area contributed by atoms with E-state index in [-0.39, 0.29) is 5.91 Å². The molecule has 0 aliphatic heterocycles. The molecule has 140 valence electrons. The van der Waals surface area contributed by atoms with E-state index in [1.165, 1.54) is 14.2 Å². The molecule has 0 radical (unpaired) electrons. The van der Waals surface area contributed by atoms with Crippen molar-refractivity contribution in [1.82, 2.24) is 15.5 Å². The van der Waals surface area contributed by atoms with E-state index in [0.29, 0.717) is 41.7 Å². The fourth-order valence-corrected chi connectivity index (χ4v) is 2.62. The summed E-state index contributed by atoms with van der Waals surface area (Å²) in [7, 11) is 3.02. The number of nitrogens with one attached hydrogen (secondary N) is 1. The Hall–Kier alpha value is -3.35. The molecule has 1 N–H and O–H groups in total. The van der Waals surface area contributed by atoms with E-state index in [1.807, 2.05) is 31.2 Å². The Morgan fingerprint density at radius 3 is 2.37 bits per heavy atom. The second-order valence-electron chi connectivity index (χ2n) is 5.92. The fourth-order valence-electron chi connectivity index (χ4n) is 2.62. The van der Waals surface area contributed by atoms with Crippen molar-refractivity contribution >= 4 is 5.91 Å². The molecule has 1 amide bonds. The van der Waals surface area contributed by atoms with Gasteiger partial charge < -0.3 is 19.3 Å². The predicted octanol–water partition coefficient (Wildman–Crippen LogP) is 3.03. The number of aromatic nitrogens is 2. The third-order valence-electron chi connectivity index (χ3n) is 4.06. The van der Waals surface area contributed by atoms with Crippen molar-refractivity contribution < 1.29 is 18.8 Å². The van der Waals surface area contributed by atoms with Crippen LogP contribution in [0.3, 0.4) is 0 Å². The van der Waals surface area contributed by atoms with Crippen LogP contribution in [0.1, 0.15) is 21.8 Å². The first-order valence-electron chi connectivity index (χ1n) is 8.51. The monoisotopic (exact) mass is 367 g/mol. The normalized spacial score (nSPS) is 10.5. The van der Waals surface area contributed by atoms with Gasteiger partial charge in [0.1, 0.15) is 17.1 Å². The van der Waals surface area contributed by atoms with Gasteiger partial charge in [-0.25, -0.2) is 0 Å². The van der Waals surface area contributed by atoms with Gasteiger partial charge in [-0.15, -0.1) is 0 Å². The molecule has 7 nitrogen and oxygen atoms in total. The molecule has 3 rings (SSSR count). The number of benzene rings is 2. The van der Waals surface area contributed by atoms with Gasteiger partial charge in [0.15, 0.2) is 0 Å². The Labute approximate surface area is 157 Å². The first-order chi connectivity index (χ1) is 13.1. The minimum atomic E-state index is -0.289. The number of aryl methyl sites for hydroxylation is 1. The summed E-state index contributed by atoms with van der Waals surface area (Å²) in [6.07, 6.45) is 0.419. The second kappa shape index (κ2) is 8.35. The van der Waals surface area contributed by atoms with E-state index in [4.69, 9.17) is 14.0 Å². The second-order valence-corrected chi connectivity index (χ2v) is 5.92. The molecule has 0 fully saturated rings. The van der Waals surface area contributed by atoms with E-state index >= 15 is 0 Å². The van der Waals surface area contributed by atoms with Crippen molar-refractivity contribution in [3.05, 3.63) is 59.5 Å². The Bertz CT molecular complexity index is 897. The third kappa shape index (κ3) is 4.25. The van der Waals surface area contributed by atoms with Gasteiger partial charge >= 0.3 is 0 Å². The molecule has 0 aliphatic carbocycles. The molecule has 0 bridgehead atoms. The molecule has 0 atom stereocenters. The molecule has 7 heteroatoms. The summed E-state index contributed by atoms with van der Waals surface area (Å²) in [5, 5.41) is 6.81. The number of ether oxygens (including phenoxy) is 2. The highest BCUT2D eigenvalue weighted by atomic mass is 16.5. The number of nitrogens with zero attached hydrogens (tertiary/aromatic N) is 2. The lowest BCUT2D eigenvalue weighted by molar-refractivity contribution is 0.0947. The van der Waals surface area contributed by atoms with Gasteiger partial charge in [-0.1, -0.05) is 41.1 Å². The number of hydrogen-bond acceptors (Lipinski definition) is 6. The highest BCUT2D eigenvalue weighted by molar-refractivity contribution is 5.99. The summed E-state index contributed by atoms with van der Waals surface area (Å²) in [5.41, 5.74) is 2.41. The van der Waals surface area contributed by atoms with Crippen LogP contribution in [0.4, 0.5) is 0 Å². The predicted molar refractivity (Wildman–Crippen MR) is 100 cm³/mol. The molecule has 1 aromatic heterocycles. The van der Waals surface area contributed by atoms with Crippen molar-refractivity contribution in [2.24, 2.45) is 0 Å². The highest BCUT2D eigenvalue weighted by Crippen LogP contribution is 2.27. The molecule has 0 spiro atoms. The van der Waals surface area contributed by atoms with Crippen LogP contribution in [-0.2, 0) is 6.42 Å². The Morgan fingerprint density at radius 2 is 1.74 bits per heavy atom. The van der Waals surface area contributed by atoms with Gasteiger partial charge in [0, 0.05) is 18.5 Å². The maximum Gasteiger partial charge on any atom is 0.258 e. The zero-order valence-corrected chi connectivity index (χ0v) is 15.5. The molecule has 2 aromatic carbocycles. The maximum atomic E-state index is 12.5. The third-order valence-corrected chi connectivity index (χ3v) is 4.06. The standard InChI is InChI=1S/C20H21N3O4/c1-13-7-9-14(10-8-13)19-22-17(27-23-19)11-12-21-20(24)18-15(25-2)5-4-6-16(18)26-3/h4-10H,11-12H2,1-3H3,(H,21,24). The number of amides is 1. The molecule has 0 saturated carbocycles. The van der Waals surface area contributed by atoms with Gasteiger partial charge in [0.2, 0.25) is 11.7 Å². The first kappa shape index (κ1) is 18.4. The van der Waals surface area contributed by atoms with E-state index in [1.54, 1.807) is 18.2 Å². The van der Waals surface area contributed by atoms with Gasteiger partial charge in [0.05, 0.1) is 14.2 Å². The lowest BCUT2D eigenvalue weighted by atomic mass is 10.1. The molecule has 3 aromatic rings. The number of rotatable bonds is 7. The van der Waals surface area contributed by atoms with Crippen LogP contribution < -0.4 is 14.8 Å². The van der Waals surface area contributed by atoms with Crippen LogP contribution in [0.2, 0.25) is 0 Å². The lowest BCUT2D eigenvalue weighted by Gasteiger charge is -2.12. The van der Waals surface area contributed by atoms with E-state index in [9.17, 15) is 4.79 Å².